The minimum atomic E-state index is -2.93. The number of carbonyl (C=O) groups excluding carboxylic acids is 1. The highest BCUT2D eigenvalue weighted by atomic mass is 32.2. The zero-order valence-electron chi connectivity index (χ0n) is 16.6. The highest BCUT2D eigenvalue weighted by molar-refractivity contribution is 7.98. The number of thioether (sulfide) groups is 1. The number of hydrogen-bond acceptors (Lipinski definition) is 4. The van der Waals surface area contributed by atoms with Crippen LogP contribution in [0, 0.1) is 0 Å². The molecule has 20 heavy (non-hydrogen) atoms. The highest BCUT2D eigenvalue weighted by Gasteiger charge is 2.05. The van der Waals surface area contributed by atoms with Crippen LogP contribution in [0.3, 0.4) is 0 Å². The van der Waals surface area contributed by atoms with Crippen molar-refractivity contribution < 1.29 is 21.5 Å². The Labute approximate surface area is 132 Å². The number of methoxy groups -OCH3 is 1. The van der Waals surface area contributed by atoms with Gasteiger partial charge >= 0.3 is 5.97 Å². The van der Waals surface area contributed by atoms with E-state index in [1.54, 1.807) is 0 Å². The first-order valence-corrected chi connectivity index (χ1v) is 7.60. The van der Waals surface area contributed by atoms with Gasteiger partial charge in [0.15, 0.2) is 0 Å². The predicted octanol–water partition coefficient (Wildman–Crippen LogP) is 3.40. The SMILES string of the molecule is [2H]C([2H])(CCCC(=O)OC)C([2H])(O)C([2H])([2H])CSCc1ccccc1. The number of aliphatic hydroxyl groups is 1. The number of rotatable bonds is 10. The van der Waals surface area contributed by atoms with Gasteiger partial charge in [-0.1, -0.05) is 36.8 Å². The molecule has 1 unspecified atom stereocenters. The molecule has 4 heteroatoms. The number of ether oxygens (including phenoxy) is 1. The quantitative estimate of drug-likeness (QED) is 0.673. The largest absolute Gasteiger partial charge is 0.469 e. The van der Waals surface area contributed by atoms with Gasteiger partial charge in [-0.05, 0) is 30.5 Å². The predicted molar refractivity (Wildman–Crippen MR) is 83.7 cm³/mol. The Kier molecular flexibility index (Phi) is 5.74. The number of benzene rings is 1. The molecule has 112 valence electrons. The van der Waals surface area contributed by atoms with E-state index in [1.807, 2.05) is 30.3 Å². The fourth-order valence-corrected chi connectivity index (χ4v) is 2.24. The van der Waals surface area contributed by atoms with Crippen molar-refractivity contribution in [1.82, 2.24) is 0 Å². The fourth-order valence-electron chi connectivity index (χ4n) is 1.47. The van der Waals surface area contributed by atoms with Crippen LogP contribution >= 0.6 is 11.8 Å². The molecule has 1 aromatic carbocycles. The van der Waals surface area contributed by atoms with Gasteiger partial charge in [0.25, 0.3) is 0 Å². The Morgan fingerprint density at radius 2 is 2.15 bits per heavy atom. The molecule has 1 aromatic rings. The van der Waals surface area contributed by atoms with Crippen molar-refractivity contribution in [3.8, 4) is 0 Å². The van der Waals surface area contributed by atoms with Gasteiger partial charge in [0.2, 0.25) is 0 Å². The monoisotopic (exact) mass is 301 g/mol. The summed E-state index contributed by atoms with van der Waals surface area (Å²) in [5.74, 6) is -0.231. The van der Waals surface area contributed by atoms with Crippen LogP contribution in [-0.2, 0) is 15.3 Å². The summed E-state index contributed by atoms with van der Waals surface area (Å²) in [6.45, 7) is 0. The lowest BCUT2D eigenvalue weighted by molar-refractivity contribution is -0.140. The molecular weight excluding hydrogens is 272 g/mol. The molecule has 0 fully saturated rings. The van der Waals surface area contributed by atoms with Crippen molar-refractivity contribution in [2.45, 2.75) is 43.8 Å². The maximum Gasteiger partial charge on any atom is 0.305 e. The molecule has 0 radical (unpaired) electrons. The van der Waals surface area contributed by atoms with E-state index in [0.29, 0.717) is 5.75 Å². The number of carbonyl (C=O) groups is 1. The fraction of sp³-hybridized carbons (Fsp3) is 0.562. The zero-order valence-corrected chi connectivity index (χ0v) is 12.4. The molecular formula is C16H24O3S. The van der Waals surface area contributed by atoms with Gasteiger partial charge in [-0.15, -0.1) is 0 Å². The lowest BCUT2D eigenvalue weighted by Crippen LogP contribution is -2.08. The first kappa shape index (κ1) is 10.7. The van der Waals surface area contributed by atoms with E-state index in [-0.39, 0.29) is 25.0 Å². The molecule has 0 spiro atoms. The lowest BCUT2D eigenvalue weighted by atomic mass is 10.1. The van der Waals surface area contributed by atoms with Crippen molar-refractivity contribution >= 4 is 17.7 Å². The normalized spacial score (nSPS) is 18.8. The Balaban J connectivity index is 2.63. The minimum Gasteiger partial charge on any atom is -0.469 e. The maximum atomic E-state index is 11.1. The minimum absolute atomic E-state index is 0.0438. The average molecular weight is 301 g/mol. The van der Waals surface area contributed by atoms with Gasteiger partial charge in [0.1, 0.15) is 0 Å². The van der Waals surface area contributed by atoms with Crippen LogP contribution in [0.25, 0.3) is 0 Å². The van der Waals surface area contributed by atoms with Crippen LogP contribution in [0.2, 0.25) is 0 Å². The number of esters is 1. The third kappa shape index (κ3) is 8.23. The van der Waals surface area contributed by atoms with Gasteiger partial charge < -0.3 is 9.84 Å². The Hall–Kier alpha value is -1.00. The first-order valence-electron chi connectivity index (χ1n) is 8.94. The van der Waals surface area contributed by atoms with E-state index >= 15 is 0 Å². The van der Waals surface area contributed by atoms with Gasteiger partial charge in [-0.2, -0.15) is 11.8 Å². The van der Waals surface area contributed by atoms with E-state index in [0.717, 1.165) is 5.56 Å². The smallest absolute Gasteiger partial charge is 0.305 e. The van der Waals surface area contributed by atoms with Gasteiger partial charge in [0, 0.05) is 17.7 Å². The van der Waals surface area contributed by atoms with E-state index in [2.05, 4.69) is 4.74 Å². The molecule has 0 amide bonds. The van der Waals surface area contributed by atoms with Crippen molar-refractivity contribution in [2.24, 2.45) is 0 Å². The van der Waals surface area contributed by atoms with Crippen molar-refractivity contribution in [1.29, 1.82) is 0 Å². The second kappa shape index (κ2) is 10.7. The van der Waals surface area contributed by atoms with Gasteiger partial charge in [-0.3, -0.25) is 4.79 Å². The first-order chi connectivity index (χ1) is 11.5. The lowest BCUT2D eigenvalue weighted by Gasteiger charge is -2.10. The van der Waals surface area contributed by atoms with E-state index < -0.39 is 24.8 Å². The van der Waals surface area contributed by atoms with Crippen molar-refractivity contribution in [2.75, 3.05) is 12.9 Å². The van der Waals surface area contributed by atoms with Crippen LogP contribution in [0.4, 0.5) is 0 Å². The zero-order chi connectivity index (χ0) is 19.1. The maximum absolute atomic E-state index is 11.1. The molecule has 0 bridgehead atoms. The number of hydrogen-bond donors (Lipinski definition) is 1. The second-order valence-electron chi connectivity index (χ2n) is 4.11. The average Bonchev–Trinajstić information content (AvgIpc) is 2.55. The Bertz CT molecular complexity index is 552. The van der Waals surface area contributed by atoms with Crippen LogP contribution in [0.1, 0.15) is 44.4 Å². The van der Waals surface area contributed by atoms with Crippen LogP contribution in [0.5, 0.6) is 0 Å². The molecule has 0 heterocycles. The Morgan fingerprint density at radius 1 is 1.40 bits per heavy atom. The highest BCUT2D eigenvalue weighted by Crippen LogP contribution is 2.15. The second-order valence-corrected chi connectivity index (χ2v) is 5.10. The van der Waals surface area contributed by atoms with Crippen LogP contribution < -0.4 is 0 Å². The van der Waals surface area contributed by atoms with Crippen LogP contribution in [-0.4, -0.2) is 30.0 Å². The summed E-state index contributed by atoms with van der Waals surface area (Å²) in [5.41, 5.74) is 0.984. The summed E-state index contributed by atoms with van der Waals surface area (Å²) >= 11 is 1.19. The standard InChI is InChI=1S/C16H24O3S/c1-19-16(18)10-6-5-9-15(17)11-12-20-13-14-7-3-2-4-8-14/h2-4,7-8,15,17H,5-6,9-13H2,1H3/i9D2,11D2,15D. The molecule has 1 atom stereocenters. The van der Waals surface area contributed by atoms with E-state index in [9.17, 15) is 9.90 Å². The molecule has 0 aliphatic carbocycles. The molecule has 0 saturated heterocycles. The summed E-state index contributed by atoms with van der Waals surface area (Å²) in [4.78, 5) is 11.1. The van der Waals surface area contributed by atoms with Crippen LogP contribution in [0.15, 0.2) is 30.3 Å². The summed E-state index contributed by atoms with van der Waals surface area (Å²) in [5, 5.41) is 10.3. The molecule has 1 rings (SSSR count). The molecule has 0 saturated carbocycles. The third-order valence-electron chi connectivity index (χ3n) is 2.53. The molecule has 0 aliphatic rings. The topological polar surface area (TPSA) is 46.5 Å². The van der Waals surface area contributed by atoms with Gasteiger partial charge in [-0.25, -0.2) is 0 Å². The molecule has 0 aromatic heterocycles. The Morgan fingerprint density at radius 3 is 2.85 bits per heavy atom. The summed E-state index contributed by atoms with van der Waals surface area (Å²) in [6.07, 6.45) is -8.18. The van der Waals surface area contributed by atoms with E-state index in [4.69, 9.17) is 6.85 Å². The molecule has 1 N–H and O–H groups in total. The third-order valence-corrected chi connectivity index (χ3v) is 3.42. The molecule has 0 aliphatic heterocycles. The summed E-state index contributed by atoms with van der Waals surface area (Å²) < 4.78 is 44.2. The summed E-state index contributed by atoms with van der Waals surface area (Å²) in [6, 6.07) is 9.39. The van der Waals surface area contributed by atoms with Crippen molar-refractivity contribution in [3.63, 3.8) is 0 Å². The van der Waals surface area contributed by atoms with Crippen molar-refractivity contribution in [3.05, 3.63) is 35.9 Å². The molecule has 3 nitrogen and oxygen atoms in total. The van der Waals surface area contributed by atoms with Gasteiger partial charge in [0.05, 0.1) is 14.6 Å². The summed E-state index contributed by atoms with van der Waals surface area (Å²) in [7, 11) is 1.22. The van der Waals surface area contributed by atoms with E-state index in [1.165, 1.54) is 18.9 Å².